The molecule has 0 aliphatic heterocycles. The number of nitrogens with one attached hydrogen (secondary N) is 1. The Morgan fingerprint density at radius 1 is 0.909 bits per heavy atom. The lowest BCUT2D eigenvalue weighted by Gasteiger charge is -2.32. The standard InChI is InChI=1S/C25H35N3O4S/c1-17(2)26-25(30)21(6)27(15-22-10-8-18(3)9-11-22)24(29)16-28(33(7,31)32)23-13-19(4)12-20(5)14-23/h8-14,17,21H,15-16H2,1-7H3,(H,26,30)/t21-/m0/s1. The average Bonchev–Trinajstić information content (AvgIpc) is 2.68. The molecule has 0 unspecified atom stereocenters. The molecule has 2 amide bonds. The Labute approximate surface area is 197 Å². The van der Waals surface area contributed by atoms with Crippen molar-refractivity contribution in [1.82, 2.24) is 10.2 Å². The number of carbonyl (C=O) groups excluding carboxylic acids is 2. The lowest BCUT2D eigenvalue weighted by atomic mass is 10.1. The molecular formula is C25H35N3O4S. The second-order valence-corrected chi connectivity index (χ2v) is 10.9. The molecule has 2 rings (SSSR count). The van der Waals surface area contributed by atoms with Crippen LogP contribution in [0, 0.1) is 20.8 Å². The van der Waals surface area contributed by atoms with E-state index in [-0.39, 0.29) is 18.5 Å². The molecule has 1 atom stereocenters. The van der Waals surface area contributed by atoms with Crippen molar-refractivity contribution in [2.24, 2.45) is 0 Å². The van der Waals surface area contributed by atoms with Gasteiger partial charge in [-0.15, -0.1) is 0 Å². The van der Waals surface area contributed by atoms with Crippen LogP contribution in [0.5, 0.6) is 0 Å². The van der Waals surface area contributed by atoms with E-state index in [9.17, 15) is 18.0 Å². The molecule has 0 spiro atoms. The van der Waals surface area contributed by atoms with Gasteiger partial charge >= 0.3 is 0 Å². The zero-order valence-corrected chi connectivity index (χ0v) is 21.4. The molecule has 33 heavy (non-hydrogen) atoms. The molecule has 8 heteroatoms. The maximum atomic E-state index is 13.5. The first-order valence-corrected chi connectivity index (χ1v) is 12.8. The first-order valence-electron chi connectivity index (χ1n) is 11.0. The number of anilines is 1. The minimum atomic E-state index is -3.74. The van der Waals surface area contributed by atoms with Crippen LogP contribution in [0.25, 0.3) is 0 Å². The van der Waals surface area contributed by atoms with E-state index < -0.39 is 28.5 Å². The number of benzene rings is 2. The van der Waals surface area contributed by atoms with Crippen LogP contribution in [0.4, 0.5) is 5.69 Å². The summed E-state index contributed by atoms with van der Waals surface area (Å²) in [6.07, 6.45) is 1.08. The maximum absolute atomic E-state index is 13.5. The molecule has 0 aliphatic carbocycles. The van der Waals surface area contributed by atoms with E-state index in [0.29, 0.717) is 5.69 Å². The topological polar surface area (TPSA) is 86.8 Å². The van der Waals surface area contributed by atoms with E-state index in [2.05, 4.69) is 5.32 Å². The van der Waals surface area contributed by atoms with Gasteiger partial charge in [-0.3, -0.25) is 13.9 Å². The quantitative estimate of drug-likeness (QED) is 0.605. The number of hydrogen-bond donors (Lipinski definition) is 1. The molecule has 180 valence electrons. The summed E-state index contributed by atoms with van der Waals surface area (Å²) in [6, 6.07) is 12.2. The summed E-state index contributed by atoms with van der Waals surface area (Å²) >= 11 is 0. The Hall–Kier alpha value is -2.87. The predicted molar refractivity (Wildman–Crippen MR) is 133 cm³/mol. The molecular weight excluding hydrogens is 438 g/mol. The van der Waals surface area contributed by atoms with Crippen LogP contribution in [0.1, 0.15) is 43.0 Å². The Morgan fingerprint density at radius 2 is 1.45 bits per heavy atom. The highest BCUT2D eigenvalue weighted by Gasteiger charge is 2.30. The van der Waals surface area contributed by atoms with Crippen molar-refractivity contribution in [2.75, 3.05) is 17.1 Å². The third-order valence-electron chi connectivity index (χ3n) is 5.25. The molecule has 2 aromatic rings. The zero-order chi connectivity index (χ0) is 24.9. The monoisotopic (exact) mass is 473 g/mol. The van der Waals surface area contributed by atoms with Gasteiger partial charge in [0.1, 0.15) is 12.6 Å². The molecule has 0 aromatic heterocycles. The lowest BCUT2D eigenvalue weighted by Crippen LogP contribution is -2.52. The van der Waals surface area contributed by atoms with E-state index >= 15 is 0 Å². The molecule has 0 saturated heterocycles. The fourth-order valence-corrected chi connectivity index (χ4v) is 4.42. The van der Waals surface area contributed by atoms with E-state index in [1.54, 1.807) is 19.1 Å². The molecule has 0 saturated carbocycles. The number of carbonyl (C=O) groups is 2. The van der Waals surface area contributed by atoms with Crippen LogP contribution < -0.4 is 9.62 Å². The molecule has 0 bridgehead atoms. The summed E-state index contributed by atoms with van der Waals surface area (Å²) in [4.78, 5) is 27.7. The molecule has 2 aromatic carbocycles. The minimum Gasteiger partial charge on any atom is -0.352 e. The van der Waals surface area contributed by atoms with E-state index in [4.69, 9.17) is 0 Å². The lowest BCUT2D eigenvalue weighted by molar-refractivity contribution is -0.139. The minimum absolute atomic E-state index is 0.0842. The summed E-state index contributed by atoms with van der Waals surface area (Å²) < 4.78 is 26.4. The van der Waals surface area contributed by atoms with Crippen LogP contribution in [0.2, 0.25) is 0 Å². The first-order chi connectivity index (χ1) is 15.3. The van der Waals surface area contributed by atoms with E-state index in [1.807, 2.05) is 65.0 Å². The molecule has 0 aliphatic rings. The van der Waals surface area contributed by atoms with Crippen molar-refractivity contribution in [3.8, 4) is 0 Å². The Morgan fingerprint density at radius 3 is 1.94 bits per heavy atom. The fraction of sp³-hybridized carbons (Fsp3) is 0.440. The number of aryl methyl sites for hydroxylation is 3. The highest BCUT2D eigenvalue weighted by atomic mass is 32.2. The van der Waals surface area contributed by atoms with Crippen LogP contribution in [0.3, 0.4) is 0 Å². The van der Waals surface area contributed by atoms with Crippen molar-refractivity contribution in [3.05, 3.63) is 64.7 Å². The van der Waals surface area contributed by atoms with Gasteiger partial charge < -0.3 is 10.2 Å². The van der Waals surface area contributed by atoms with Gasteiger partial charge in [-0.25, -0.2) is 8.42 Å². The van der Waals surface area contributed by atoms with Crippen molar-refractivity contribution < 1.29 is 18.0 Å². The van der Waals surface area contributed by atoms with Crippen LogP contribution in [-0.2, 0) is 26.2 Å². The van der Waals surface area contributed by atoms with Crippen molar-refractivity contribution in [2.45, 2.75) is 60.2 Å². The van der Waals surface area contributed by atoms with Crippen molar-refractivity contribution in [3.63, 3.8) is 0 Å². The number of rotatable bonds is 9. The number of hydrogen-bond acceptors (Lipinski definition) is 4. The number of amides is 2. The Kier molecular flexibility index (Phi) is 8.66. The summed E-state index contributed by atoms with van der Waals surface area (Å²) in [6.45, 7) is 10.9. The highest BCUT2D eigenvalue weighted by Crippen LogP contribution is 2.22. The van der Waals surface area contributed by atoms with Gasteiger partial charge in [-0.05, 0) is 70.4 Å². The highest BCUT2D eigenvalue weighted by molar-refractivity contribution is 7.92. The largest absolute Gasteiger partial charge is 0.352 e. The van der Waals surface area contributed by atoms with Crippen molar-refractivity contribution in [1.29, 1.82) is 0 Å². The first kappa shape index (κ1) is 26.4. The molecule has 0 fully saturated rings. The van der Waals surface area contributed by atoms with E-state index in [0.717, 1.165) is 32.8 Å². The van der Waals surface area contributed by atoms with Gasteiger partial charge in [0, 0.05) is 12.6 Å². The third kappa shape index (κ3) is 7.60. The van der Waals surface area contributed by atoms with Crippen LogP contribution in [-0.4, -0.2) is 50.0 Å². The number of sulfonamides is 1. The molecule has 0 radical (unpaired) electrons. The van der Waals surface area contributed by atoms with Gasteiger partial charge in [0.2, 0.25) is 21.8 Å². The average molecular weight is 474 g/mol. The summed E-state index contributed by atoms with van der Waals surface area (Å²) in [5.74, 6) is -0.741. The molecule has 0 heterocycles. The number of nitrogens with zero attached hydrogens (tertiary/aromatic N) is 2. The van der Waals surface area contributed by atoms with E-state index in [1.165, 1.54) is 4.90 Å². The van der Waals surface area contributed by atoms with Gasteiger partial charge in [-0.1, -0.05) is 35.9 Å². The molecule has 7 nitrogen and oxygen atoms in total. The predicted octanol–water partition coefficient (Wildman–Crippen LogP) is 3.32. The summed E-state index contributed by atoms with van der Waals surface area (Å²) in [5.41, 5.74) is 4.16. The Balaban J connectivity index is 2.41. The van der Waals surface area contributed by atoms with Gasteiger partial charge in [0.25, 0.3) is 0 Å². The van der Waals surface area contributed by atoms with Crippen LogP contribution in [0.15, 0.2) is 42.5 Å². The smallest absolute Gasteiger partial charge is 0.244 e. The molecule has 1 N–H and O–H groups in total. The SMILES string of the molecule is Cc1ccc(CN(C(=O)CN(c2cc(C)cc(C)c2)S(C)(=O)=O)[C@@H](C)C(=O)NC(C)C)cc1. The normalized spacial score (nSPS) is 12.4. The van der Waals surface area contributed by atoms with Gasteiger partial charge in [0.05, 0.1) is 11.9 Å². The Bertz CT molecular complexity index is 1070. The maximum Gasteiger partial charge on any atom is 0.244 e. The van der Waals surface area contributed by atoms with Crippen LogP contribution >= 0.6 is 0 Å². The summed E-state index contributed by atoms with van der Waals surface area (Å²) in [5, 5.41) is 2.84. The second kappa shape index (κ2) is 10.8. The zero-order valence-electron chi connectivity index (χ0n) is 20.5. The third-order valence-corrected chi connectivity index (χ3v) is 6.39. The fourth-order valence-electron chi connectivity index (χ4n) is 3.59. The summed E-state index contributed by atoms with van der Waals surface area (Å²) in [7, 11) is -3.74. The van der Waals surface area contributed by atoms with Gasteiger partial charge in [0.15, 0.2) is 0 Å². The second-order valence-electron chi connectivity index (χ2n) is 8.96. The van der Waals surface area contributed by atoms with Gasteiger partial charge in [-0.2, -0.15) is 0 Å². The van der Waals surface area contributed by atoms with Crippen molar-refractivity contribution >= 4 is 27.5 Å².